The molecule has 0 aromatic heterocycles. The third kappa shape index (κ3) is 4.73. The van der Waals surface area contributed by atoms with Crippen LogP contribution in [0.4, 0.5) is 0 Å². The maximum atomic E-state index is 5.99. The van der Waals surface area contributed by atoms with Crippen LogP contribution in [0.1, 0.15) is 58.3 Å². The molecule has 0 saturated heterocycles. The number of nitrogens with two attached hydrogens (primary N) is 1. The fraction of sp³-hybridized carbons (Fsp3) is 1.00. The minimum Gasteiger partial charge on any atom is -0.329 e. The minimum atomic E-state index is 0.422. The van der Waals surface area contributed by atoms with E-state index >= 15 is 0 Å². The van der Waals surface area contributed by atoms with Crippen LogP contribution in [-0.2, 0) is 0 Å². The molecule has 0 aromatic carbocycles. The standard InChI is InChI=1S/C16H35N3/c1-5-6-7-8-10-15(13-17)19(4)14-16(18(2)3)11-9-12-16/h15H,5-14,17H2,1-4H3. The smallest absolute Gasteiger partial charge is 0.0330 e. The first kappa shape index (κ1) is 16.9. The second-order valence-corrected chi connectivity index (χ2v) is 6.63. The lowest BCUT2D eigenvalue weighted by molar-refractivity contribution is 0.0158. The molecule has 114 valence electrons. The van der Waals surface area contributed by atoms with E-state index < -0.39 is 0 Å². The van der Waals surface area contributed by atoms with Gasteiger partial charge in [0.25, 0.3) is 0 Å². The van der Waals surface area contributed by atoms with Crippen LogP contribution in [0.5, 0.6) is 0 Å². The topological polar surface area (TPSA) is 32.5 Å². The highest BCUT2D eigenvalue weighted by molar-refractivity contribution is 4.98. The van der Waals surface area contributed by atoms with Crippen molar-refractivity contribution in [1.82, 2.24) is 9.80 Å². The maximum Gasteiger partial charge on any atom is 0.0330 e. The Balaban J connectivity index is 2.38. The molecule has 0 bridgehead atoms. The molecule has 3 heteroatoms. The highest BCUT2D eigenvalue weighted by atomic mass is 15.2. The van der Waals surface area contributed by atoms with Gasteiger partial charge in [0.2, 0.25) is 0 Å². The molecule has 2 N–H and O–H groups in total. The molecular weight excluding hydrogens is 234 g/mol. The van der Waals surface area contributed by atoms with E-state index in [1.807, 2.05) is 0 Å². The first-order valence-corrected chi connectivity index (χ1v) is 8.13. The summed E-state index contributed by atoms with van der Waals surface area (Å²) in [4.78, 5) is 4.95. The van der Waals surface area contributed by atoms with Gasteiger partial charge in [-0.15, -0.1) is 0 Å². The van der Waals surface area contributed by atoms with Gasteiger partial charge in [-0.2, -0.15) is 0 Å². The largest absolute Gasteiger partial charge is 0.329 e. The van der Waals surface area contributed by atoms with Crippen molar-refractivity contribution in [3.63, 3.8) is 0 Å². The summed E-state index contributed by atoms with van der Waals surface area (Å²) < 4.78 is 0. The van der Waals surface area contributed by atoms with Gasteiger partial charge in [-0.05, 0) is 46.8 Å². The molecule has 1 unspecified atom stereocenters. The van der Waals surface area contributed by atoms with E-state index in [1.165, 1.54) is 57.9 Å². The Bertz CT molecular complexity index is 236. The van der Waals surface area contributed by atoms with E-state index in [1.54, 1.807) is 0 Å². The lowest BCUT2D eigenvalue weighted by Gasteiger charge is -2.50. The number of likely N-dealkylation sites (N-methyl/N-ethyl adjacent to an activating group) is 2. The fourth-order valence-corrected chi connectivity index (χ4v) is 3.25. The summed E-state index contributed by atoms with van der Waals surface area (Å²) >= 11 is 0. The van der Waals surface area contributed by atoms with E-state index in [0.717, 1.165) is 6.54 Å². The van der Waals surface area contributed by atoms with Crippen molar-refractivity contribution in [3.8, 4) is 0 Å². The van der Waals surface area contributed by atoms with Crippen molar-refractivity contribution in [2.45, 2.75) is 69.9 Å². The average Bonchev–Trinajstić information content (AvgIpc) is 2.33. The molecule has 1 fully saturated rings. The molecule has 0 radical (unpaired) electrons. The van der Waals surface area contributed by atoms with E-state index in [9.17, 15) is 0 Å². The van der Waals surface area contributed by atoms with Gasteiger partial charge in [0.15, 0.2) is 0 Å². The molecule has 1 aliphatic carbocycles. The summed E-state index contributed by atoms with van der Waals surface area (Å²) in [6.45, 7) is 4.24. The van der Waals surface area contributed by atoms with Crippen LogP contribution in [0.15, 0.2) is 0 Å². The Labute approximate surface area is 120 Å². The van der Waals surface area contributed by atoms with Crippen molar-refractivity contribution in [2.24, 2.45) is 5.73 Å². The van der Waals surface area contributed by atoms with Crippen LogP contribution in [-0.4, -0.2) is 55.6 Å². The Kier molecular flexibility index (Phi) is 7.33. The van der Waals surface area contributed by atoms with Gasteiger partial charge in [-0.3, -0.25) is 0 Å². The summed E-state index contributed by atoms with van der Waals surface area (Å²) in [6.07, 6.45) is 10.7. The minimum absolute atomic E-state index is 0.422. The molecule has 0 aliphatic heterocycles. The highest BCUT2D eigenvalue weighted by Crippen LogP contribution is 2.37. The summed E-state index contributed by atoms with van der Waals surface area (Å²) in [6, 6.07) is 0.564. The second-order valence-electron chi connectivity index (χ2n) is 6.63. The van der Waals surface area contributed by atoms with Crippen molar-refractivity contribution >= 4 is 0 Å². The van der Waals surface area contributed by atoms with E-state index in [2.05, 4.69) is 37.9 Å². The van der Waals surface area contributed by atoms with Crippen LogP contribution in [0.2, 0.25) is 0 Å². The predicted molar refractivity (Wildman–Crippen MR) is 84.5 cm³/mol. The van der Waals surface area contributed by atoms with E-state index in [-0.39, 0.29) is 0 Å². The molecular formula is C16H35N3. The first-order chi connectivity index (χ1) is 9.05. The highest BCUT2D eigenvalue weighted by Gasteiger charge is 2.40. The third-order valence-corrected chi connectivity index (χ3v) is 5.06. The molecule has 1 atom stereocenters. The molecule has 1 saturated carbocycles. The molecule has 0 amide bonds. The third-order valence-electron chi connectivity index (χ3n) is 5.06. The summed E-state index contributed by atoms with van der Waals surface area (Å²) in [5.74, 6) is 0. The molecule has 19 heavy (non-hydrogen) atoms. The average molecular weight is 269 g/mol. The van der Waals surface area contributed by atoms with Crippen molar-refractivity contribution in [1.29, 1.82) is 0 Å². The van der Waals surface area contributed by atoms with Gasteiger partial charge >= 0.3 is 0 Å². The van der Waals surface area contributed by atoms with Gasteiger partial charge in [-0.25, -0.2) is 0 Å². The fourth-order valence-electron chi connectivity index (χ4n) is 3.25. The lowest BCUT2D eigenvalue weighted by Crippen LogP contribution is -2.58. The van der Waals surface area contributed by atoms with E-state index in [4.69, 9.17) is 5.73 Å². The number of hydrogen-bond donors (Lipinski definition) is 1. The van der Waals surface area contributed by atoms with Crippen LogP contribution in [0, 0.1) is 0 Å². The predicted octanol–water partition coefficient (Wildman–Crippen LogP) is 2.70. The zero-order chi connectivity index (χ0) is 14.3. The molecule has 3 nitrogen and oxygen atoms in total. The summed E-state index contributed by atoms with van der Waals surface area (Å²) in [7, 11) is 6.72. The van der Waals surface area contributed by atoms with Gasteiger partial charge in [0.1, 0.15) is 0 Å². The van der Waals surface area contributed by atoms with Gasteiger partial charge in [-0.1, -0.05) is 32.6 Å². The van der Waals surface area contributed by atoms with Crippen molar-refractivity contribution in [2.75, 3.05) is 34.2 Å². The number of nitrogens with zero attached hydrogens (tertiary/aromatic N) is 2. The van der Waals surface area contributed by atoms with Crippen LogP contribution in [0.3, 0.4) is 0 Å². The first-order valence-electron chi connectivity index (χ1n) is 8.13. The van der Waals surface area contributed by atoms with Gasteiger partial charge in [0, 0.05) is 24.7 Å². The number of unbranched alkanes of at least 4 members (excludes halogenated alkanes) is 3. The van der Waals surface area contributed by atoms with Crippen LogP contribution < -0.4 is 5.73 Å². The summed E-state index contributed by atoms with van der Waals surface area (Å²) in [5, 5.41) is 0. The quantitative estimate of drug-likeness (QED) is 0.619. The Morgan fingerprint density at radius 3 is 2.21 bits per heavy atom. The van der Waals surface area contributed by atoms with Crippen molar-refractivity contribution in [3.05, 3.63) is 0 Å². The molecule has 0 aromatic rings. The Morgan fingerprint density at radius 2 is 1.79 bits per heavy atom. The normalized spacial score (nSPS) is 19.7. The van der Waals surface area contributed by atoms with Crippen LogP contribution in [0.25, 0.3) is 0 Å². The lowest BCUT2D eigenvalue weighted by atomic mass is 9.75. The number of hydrogen-bond acceptors (Lipinski definition) is 3. The van der Waals surface area contributed by atoms with Gasteiger partial charge < -0.3 is 15.5 Å². The van der Waals surface area contributed by atoms with Crippen LogP contribution >= 0.6 is 0 Å². The van der Waals surface area contributed by atoms with Gasteiger partial charge in [0.05, 0.1) is 0 Å². The zero-order valence-electron chi connectivity index (χ0n) is 13.6. The molecule has 0 heterocycles. The maximum absolute atomic E-state index is 5.99. The molecule has 0 spiro atoms. The Hall–Kier alpha value is -0.120. The summed E-state index contributed by atoms with van der Waals surface area (Å²) in [5.41, 5.74) is 6.41. The second kappa shape index (κ2) is 8.23. The Morgan fingerprint density at radius 1 is 1.11 bits per heavy atom. The molecule has 1 aliphatic rings. The number of rotatable bonds is 10. The van der Waals surface area contributed by atoms with E-state index in [0.29, 0.717) is 11.6 Å². The van der Waals surface area contributed by atoms with Crippen molar-refractivity contribution < 1.29 is 0 Å². The monoisotopic (exact) mass is 269 g/mol. The SMILES string of the molecule is CCCCCCC(CN)N(C)CC1(N(C)C)CCC1. The molecule has 1 rings (SSSR count). The zero-order valence-corrected chi connectivity index (χ0v) is 13.6.